The standard InChI is InChI=1S/C13H13NO4/c1-2-17-11-6-4-3-5-9(11)10-8-18-12(14-10)7-13(15)16/h3-6,8H,2,7H2,1H3,(H,15,16). The van der Waals surface area contributed by atoms with E-state index in [1.165, 1.54) is 6.26 Å². The summed E-state index contributed by atoms with van der Waals surface area (Å²) < 4.78 is 10.6. The Morgan fingerprint density at radius 3 is 2.94 bits per heavy atom. The van der Waals surface area contributed by atoms with Crippen molar-refractivity contribution in [3.8, 4) is 17.0 Å². The second-order valence-corrected chi connectivity index (χ2v) is 3.63. The van der Waals surface area contributed by atoms with Gasteiger partial charge in [0.15, 0.2) is 0 Å². The molecule has 18 heavy (non-hydrogen) atoms. The Kier molecular flexibility index (Phi) is 3.62. The molecule has 1 aromatic heterocycles. The molecule has 0 saturated carbocycles. The van der Waals surface area contributed by atoms with E-state index >= 15 is 0 Å². The summed E-state index contributed by atoms with van der Waals surface area (Å²) in [5.41, 5.74) is 1.37. The van der Waals surface area contributed by atoms with Gasteiger partial charge < -0.3 is 14.3 Å². The molecule has 5 nitrogen and oxygen atoms in total. The highest BCUT2D eigenvalue weighted by atomic mass is 16.5. The Morgan fingerprint density at radius 1 is 1.44 bits per heavy atom. The van der Waals surface area contributed by atoms with Crippen molar-refractivity contribution in [1.82, 2.24) is 4.98 Å². The lowest BCUT2D eigenvalue weighted by atomic mass is 10.1. The Labute approximate surface area is 104 Å². The van der Waals surface area contributed by atoms with Gasteiger partial charge in [-0.05, 0) is 19.1 Å². The third-order valence-electron chi connectivity index (χ3n) is 2.32. The average Bonchev–Trinajstić information content (AvgIpc) is 2.77. The van der Waals surface area contributed by atoms with Crippen LogP contribution in [0.15, 0.2) is 34.9 Å². The van der Waals surface area contributed by atoms with Crippen LogP contribution in [0.25, 0.3) is 11.3 Å². The Bertz CT molecular complexity index is 547. The van der Waals surface area contributed by atoms with E-state index in [1.807, 2.05) is 31.2 Å². The minimum atomic E-state index is -0.971. The molecule has 0 aliphatic heterocycles. The van der Waals surface area contributed by atoms with Gasteiger partial charge in [-0.1, -0.05) is 12.1 Å². The molecule has 0 aliphatic carbocycles. The van der Waals surface area contributed by atoms with Crippen LogP contribution in [0.5, 0.6) is 5.75 Å². The van der Waals surface area contributed by atoms with Crippen LogP contribution in [-0.4, -0.2) is 22.7 Å². The minimum Gasteiger partial charge on any atom is -0.493 e. The molecule has 1 N–H and O–H groups in total. The van der Waals surface area contributed by atoms with Crippen LogP contribution in [-0.2, 0) is 11.2 Å². The maximum absolute atomic E-state index is 10.6. The number of hydrogen-bond acceptors (Lipinski definition) is 4. The molecule has 0 bridgehead atoms. The summed E-state index contributed by atoms with van der Waals surface area (Å²) >= 11 is 0. The van der Waals surface area contributed by atoms with Crippen molar-refractivity contribution < 1.29 is 19.1 Å². The van der Waals surface area contributed by atoms with Gasteiger partial charge in [0.25, 0.3) is 0 Å². The first-order valence-corrected chi connectivity index (χ1v) is 5.59. The van der Waals surface area contributed by atoms with Crippen molar-refractivity contribution in [2.45, 2.75) is 13.3 Å². The summed E-state index contributed by atoms with van der Waals surface area (Å²) in [6.07, 6.45) is 1.22. The van der Waals surface area contributed by atoms with E-state index in [9.17, 15) is 4.79 Å². The third-order valence-corrected chi connectivity index (χ3v) is 2.32. The normalized spacial score (nSPS) is 10.3. The first kappa shape index (κ1) is 12.2. The SMILES string of the molecule is CCOc1ccccc1-c1coc(CC(=O)O)n1. The van der Waals surface area contributed by atoms with Crippen molar-refractivity contribution in [2.24, 2.45) is 0 Å². The highest BCUT2D eigenvalue weighted by molar-refractivity contribution is 5.70. The van der Waals surface area contributed by atoms with E-state index in [2.05, 4.69) is 4.98 Å². The monoisotopic (exact) mass is 247 g/mol. The quantitative estimate of drug-likeness (QED) is 0.878. The van der Waals surface area contributed by atoms with Gasteiger partial charge >= 0.3 is 5.97 Å². The number of aromatic nitrogens is 1. The van der Waals surface area contributed by atoms with Crippen molar-refractivity contribution >= 4 is 5.97 Å². The fourth-order valence-corrected chi connectivity index (χ4v) is 1.60. The highest BCUT2D eigenvalue weighted by Crippen LogP contribution is 2.29. The summed E-state index contributed by atoms with van der Waals surface area (Å²) in [5, 5.41) is 8.66. The molecule has 0 aliphatic rings. The second-order valence-electron chi connectivity index (χ2n) is 3.63. The van der Waals surface area contributed by atoms with Crippen molar-refractivity contribution in [1.29, 1.82) is 0 Å². The van der Waals surface area contributed by atoms with Crippen molar-refractivity contribution in [2.75, 3.05) is 6.61 Å². The van der Waals surface area contributed by atoms with E-state index in [0.29, 0.717) is 18.1 Å². The molecular weight excluding hydrogens is 234 g/mol. The highest BCUT2D eigenvalue weighted by Gasteiger charge is 2.12. The first-order chi connectivity index (χ1) is 8.70. The van der Waals surface area contributed by atoms with E-state index in [0.717, 1.165) is 5.56 Å². The maximum atomic E-state index is 10.6. The van der Waals surface area contributed by atoms with Gasteiger partial charge in [-0.15, -0.1) is 0 Å². The molecule has 1 aromatic carbocycles. The van der Waals surface area contributed by atoms with E-state index in [-0.39, 0.29) is 12.3 Å². The lowest BCUT2D eigenvalue weighted by Crippen LogP contribution is -2.00. The summed E-state index contributed by atoms with van der Waals surface area (Å²) in [7, 11) is 0. The fourth-order valence-electron chi connectivity index (χ4n) is 1.60. The molecule has 1 heterocycles. The lowest BCUT2D eigenvalue weighted by Gasteiger charge is -2.06. The molecule has 0 fully saturated rings. The van der Waals surface area contributed by atoms with Gasteiger partial charge in [-0.25, -0.2) is 4.98 Å². The van der Waals surface area contributed by atoms with Crippen LogP contribution >= 0.6 is 0 Å². The van der Waals surface area contributed by atoms with Gasteiger partial charge in [0.2, 0.25) is 5.89 Å². The van der Waals surface area contributed by atoms with Crippen molar-refractivity contribution in [3.63, 3.8) is 0 Å². The molecule has 0 radical (unpaired) electrons. The molecule has 5 heteroatoms. The summed E-state index contributed by atoms with van der Waals surface area (Å²) in [4.78, 5) is 14.7. The van der Waals surface area contributed by atoms with Gasteiger partial charge in [0, 0.05) is 5.56 Å². The zero-order valence-corrected chi connectivity index (χ0v) is 9.92. The molecule has 0 saturated heterocycles. The maximum Gasteiger partial charge on any atom is 0.312 e. The number of oxazole rings is 1. The molecule has 94 valence electrons. The number of para-hydroxylation sites is 1. The summed E-state index contributed by atoms with van der Waals surface area (Å²) in [5.74, 6) is -0.0829. The van der Waals surface area contributed by atoms with E-state index in [4.69, 9.17) is 14.3 Å². The number of nitrogens with zero attached hydrogens (tertiary/aromatic N) is 1. The first-order valence-electron chi connectivity index (χ1n) is 5.59. The number of carbonyl (C=O) groups is 1. The van der Waals surface area contributed by atoms with Crippen LogP contribution in [0.2, 0.25) is 0 Å². The number of ether oxygens (including phenoxy) is 1. The van der Waals surface area contributed by atoms with Crippen LogP contribution in [0.4, 0.5) is 0 Å². The van der Waals surface area contributed by atoms with E-state index in [1.54, 1.807) is 0 Å². The van der Waals surface area contributed by atoms with Crippen LogP contribution in [0.1, 0.15) is 12.8 Å². The number of carboxylic acid groups (broad SMARTS) is 1. The molecule has 0 atom stereocenters. The third kappa shape index (κ3) is 2.68. The van der Waals surface area contributed by atoms with Crippen molar-refractivity contribution in [3.05, 3.63) is 36.4 Å². The smallest absolute Gasteiger partial charge is 0.312 e. The zero-order chi connectivity index (χ0) is 13.0. The lowest BCUT2D eigenvalue weighted by molar-refractivity contribution is -0.136. The minimum absolute atomic E-state index is 0.184. The number of benzene rings is 1. The van der Waals surface area contributed by atoms with Gasteiger partial charge in [-0.2, -0.15) is 0 Å². The molecule has 0 unspecified atom stereocenters. The number of rotatable bonds is 5. The second kappa shape index (κ2) is 5.35. The molecular formula is C13H13NO4. The average molecular weight is 247 g/mol. The predicted octanol–water partition coefficient (Wildman–Crippen LogP) is 2.37. The topological polar surface area (TPSA) is 72.6 Å². The van der Waals surface area contributed by atoms with Gasteiger partial charge in [0.05, 0.1) is 6.61 Å². The Balaban J connectivity index is 2.30. The molecule has 0 spiro atoms. The predicted molar refractivity (Wildman–Crippen MR) is 64.4 cm³/mol. The fraction of sp³-hybridized carbons (Fsp3) is 0.231. The van der Waals surface area contributed by atoms with Crippen LogP contribution in [0.3, 0.4) is 0 Å². The summed E-state index contributed by atoms with van der Waals surface area (Å²) in [6.45, 7) is 2.45. The van der Waals surface area contributed by atoms with Crippen LogP contribution < -0.4 is 4.74 Å². The molecule has 0 amide bonds. The van der Waals surface area contributed by atoms with E-state index < -0.39 is 5.97 Å². The van der Waals surface area contributed by atoms with Crippen LogP contribution in [0, 0.1) is 0 Å². The Hall–Kier alpha value is -2.30. The molecule has 2 aromatic rings. The van der Waals surface area contributed by atoms with Gasteiger partial charge in [-0.3, -0.25) is 4.79 Å². The molecule has 2 rings (SSSR count). The number of aliphatic carboxylic acids is 1. The zero-order valence-electron chi connectivity index (χ0n) is 9.92. The Morgan fingerprint density at radius 2 is 2.22 bits per heavy atom. The number of hydrogen-bond donors (Lipinski definition) is 1. The number of carboxylic acids is 1. The summed E-state index contributed by atoms with van der Waals surface area (Å²) in [6, 6.07) is 7.42. The largest absolute Gasteiger partial charge is 0.493 e. The van der Waals surface area contributed by atoms with Gasteiger partial charge in [0.1, 0.15) is 24.1 Å².